The van der Waals surface area contributed by atoms with Crippen LogP contribution in [0.25, 0.3) is 0 Å². The number of hydrogen-bond donors (Lipinski definition) is 1. The van der Waals surface area contributed by atoms with Gasteiger partial charge in [-0.25, -0.2) is 0 Å². The predicted molar refractivity (Wildman–Crippen MR) is 56.9 cm³/mol. The normalized spacial score (nSPS) is 15.4. The molecule has 0 saturated heterocycles. The van der Waals surface area contributed by atoms with Gasteiger partial charge in [0.1, 0.15) is 5.78 Å². The molecule has 1 fully saturated rings. The SMILES string of the molecule is Nc1cccc(CC(=O)CC2CC2)c1. The van der Waals surface area contributed by atoms with E-state index in [0.29, 0.717) is 18.1 Å². The van der Waals surface area contributed by atoms with Crippen LogP contribution in [0, 0.1) is 5.92 Å². The molecule has 0 atom stereocenters. The number of anilines is 1. The predicted octanol–water partition coefficient (Wildman–Crippen LogP) is 2.18. The standard InChI is InChI=1S/C12H15NO/c13-11-3-1-2-10(6-11)8-12(14)7-9-4-5-9/h1-3,6,9H,4-5,7-8,13H2. The van der Waals surface area contributed by atoms with Crippen LogP contribution in [-0.4, -0.2) is 5.78 Å². The van der Waals surface area contributed by atoms with E-state index in [0.717, 1.165) is 17.7 Å². The Bertz CT molecular complexity index is 342. The quantitative estimate of drug-likeness (QED) is 0.738. The summed E-state index contributed by atoms with van der Waals surface area (Å²) in [6.45, 7) is 0. The van der Waals surface area contributed by atoms with Crippen molar-refractivity contribution in [2.24, 2.45) is 5.92 Å². The lowest BCUT2D eigenvalue weighted by Crippen LogP contribution is -2.03. The number of hydrogen-bond acceptors (Lipinski definition) is 2. The maximum atomic E-state index is 11.5. The third-order valence-corrected chi connectivity index (χ3v) is 2.57. The van der Waals surface area contributed by atoms with Crippen LogP contribution in [-0.2, 0) is 11.2 Å². The molecule has 74 valence electrons. The zero-order chi connectivity index (χ0) is 9.97. The van der Waals surface area contributed by atoms with Crippen molar-refractivity contribution in [2.75, 3.05) is 5.73 Å². The molecular weight excluding hydrogens is 174 g/mol. The number of carbonyl (C=O) groups excluding carboxylic acids is 1. The van der Waals surface area contributed by atoms with E-state index < -0.39 is 0 Å². The number of nitrogens with two attached hydrogens (primary N) is 1. The highest BCUT2D eigenvalue weighted by Crippen LogP contribution is 2.32. The lowest BCUT2D eigenvalue weighted by Gasteiger charge is -2.01. The Kier molecular flexibility index (Phi) is 2.53. The molecule has 0 spiro atoms. The summed E-state index contributed by atoms with van der Waals surface area (Å²) in [5.74, 6) is 1.03. The van der Waals surface area contributed by atoms with E-state index in [1.54, 1.807) is 0 Å². The van der Waals surface area contributed by atoms with Crippen molar-refractivity contribution in [1.82, 2.24) is 0 Å². The zero-order valence-electron chi connectivity index (χ0n) is 8.20. The van der Waals surface area contributed by atoms with Crippen molar-refractivity contribution in [2.45, 2.75) is 25.7 Å². The van der Waals surface area contributed by atoms with Crippen LogP contribution in [0.2, 0.25) is 0 Å². The Balaban J connectivity index is 1.92. The van der Waals surface area contributed by atoms with Gasteiger partial charge in [0.2, 0.25) is 0 Å². The van der Waals surface area contributed by atoms with Gasteiger partial charge in [-0.15, -0.1) is 0 Å². The number of nitrogen functional groups attached to an aromatic ring is 1. The smallest absolute Gasteiger partial charge is 0.137 e. The van der Waals surface area contributed by atoms with Crippen molar-refractivity contribution in [3.8, 4) is 0 Å². The van der Waals surface area contributed by atoms with Gasteiger partial charge in [0.15, 0.2) is 0 Å². The summed E-state index contributed by atoms with van der Waals surface area (Å²) in [6, 6.07) is 7.58. The van der Waals surface area contributed by atoms with Gasteiger partial charge in [-0.2, -0.15) is 0 Å². The highest BCUT2D eigenvalue weighted by Gasteiger charge is 2.24. The maximum absolute atomic E-state index is 11.5. The molecule has 0 amide bonds. The first-order chi connectivity index (χ1) is 6.74. The summed E-state index contributed by atoms with van der Waals surface area (Å²) in [7, 11) is 0. The van der Waals surface area contributed by atoms with Crippen LogP contribution in [0.15, 0.2) is 24.3 Å². The van der Waals surface area contributed by atoms with Gasteiger partial charge in [0.05, 0.1) is 0 Å². The molecule has 0 unspecified atom stereocenters. The fourth-order valence-corrected chi connectivity index (χ4v) is 1.65. The topological polar surface area (TPSA) is 43.1 Å². The molecule has 0 bridgehead atoms. The number of benzene rings is 1. The average molecular weight is 189 g/mol. The van der Waals surface area contributed by atoms with Crippen molar-refractivity contribution in [1.29, 1.82) is 0 Å². The van der Waals surface area contributed by atoms with E-state index in [-0.39, 0.29) is 0 Å². The monoisotopic (exact) mass is 189 g/mol. The largest absolute Gasteiger partial charge is 0.399 e. The first kappa shape index (κ1) is 9.25. The molecule has 0 aromatic heterocycles. The Morgan fingerprint density at radius 1 is 1.43 bits per heavy atom. The molecule has 1 saturated carbocycles. The van der Waals surface area contributed by atoms with E-state index in [1.807, 2.05) is 24.3 Å². The molecule has 2 N–H and O–H groups in total. The zero-order valence-corrected chi connectivity index (χ0v) is 8.20. The molecule has 0 radical (unpaired) electrons. The summed E-state index contributed by atoms with van der Waals surface area (Å²) in [5, 5.41) is 0. The molecule has 0 heterocycles. The lowest BCUT2D eigenvalue weighted by atomic mass is 10.0. The van der Waals surface area contributed by atoms with Crippen LogP contribution >= 0.6 is 0 Å². The van der Waals surface area contributed by atoms with E-state index in [9.17, 15) is 4.79 Å². The molecule has 1 aromatic rings. The second-order valence-corrected chi connectivity index (χ2v) is 4.11. The Labute approximate surface area is 84.1 Å². The van der Waals surface area contributed by atoms with Gasteiger partial charge < -0.3 is 5.73 Å². The highest BCUT2D eigenvalue weighted by molar-refractivity contribution is 5.81. The van der Waals surface area contributed by atoms with Crippen molar-refractivity contribution in [3.05, 3.63) is 29.8 Å². The van der Waals surface area contributed by atoms with Crippen LogP contribution in [0.4, 0.5) is 5.69 Å². The third kappa shape index (κ3) is 2.59. The molecule has 2 nitrogen and oxygen atoms in total. The summed E-state index contributed by atoms with van der Waals surface area (Å²) in [6.07, 6.45) is 3.78. The van der Waals surface area contributed by atoms with E-state index in [2.05, 4.69) is 0 Å². The molecule has 2 rings (SSSR count). The number of rotatable bonds is 4. The summed E-state index contributed by atoms with van der Waals surface area (Å²) < 4.78 is 0. The number of carbonyl (C=O) groups is 1. The molecule has 2 heteroatoms. The first-order valence-corrected chi connectivity index (χ1v) is 5.10. The molecular formula is C12H15NO. The minimum atomic E-state index is 0.345. The van der Waals surface area contributed by atoms with E-state index in [4.69, 9.17) is 5.73 Å². The van der Waals surface area contributed by atoms with E-state index in [1.165, 1.54) is 12.8 Å². The Hall–Kier alpha value is -1.31. The van der Waals surface area contributed by atoms with Crippen LogP contribution in [0.3, 0.4) is 0 Å². The van der Waals surface area contributed by atoms with Gasteiger partial charge in [0, 0.05) is 18.5 Å². The minimum absolute atomic E-state index is 0.345. The summed E-state index contributed by atoms with van der Waals surface area (Å²) in [5.41, 5.74) is 7.41. The fourth-order valence-electron chi connectivity index (χ4n) is 1.65. The minimum Gasteiger partial charge on any atom is -0.399 e. The number of ketones is 1. The van der Waals surface area contributed by atoms with Crippen LogP contribution in [0.1, 0.15) is 24.8 Å². The van der Waals surface area contributed by atoms with Crippen LogP contribution < -0.4 is 5.73 Å². The summed E-state index contributed by atoms with van der Waals surface area (Å²) >= 11 is 0. The molecule has 1 aromatic carbocycles. The molecule has 14 heavy (non-hydrogen) atoms. The lowest BCUT2D eigenvalue weighted by molar-refractivity contribution is -0.118. The highest BCUT2D eigenvalue weighted by atomic mass is 16.1. The average Bonchev–Trinajstić information content (AvgIpc) is 2.87. The second-order valence-electron chi connectivity index (χ2n) is 4.11. The molecule has 1 aliphatic rings. The van der Waals surface area contributed by atoms with Gasteiger partial charge >= 0.3 is 0 Å². The molecule has 0 aliphatic heterocycles. The van der Waals surface area contributed by atoms with Crippen molar-refractivity contribution < 1.29 is 4.79 Å². The second kappa shape index (κ2) is 3.82. The van der Waals surface area contributed by atoms with Gasteiger partial charge in [0.25, 0.3) is 0 Å². The van der Waals surface area contributed by atoms with Gasteiger partial charge in [-0.3, -0.25) is 4.79 Å². The van der Waals surface area contributed by atoms with Crippen LogP contribution in [0.5, 0.6) is 0 Å². The third-order valence-electron chi connectivity index (χ3n) is 2.57. The Morgan fingerprint density at radius 3 is 2.86 bits per heavy atom. The van der Waals surface area contributed by atoms with E-state index >= 15 is 0 Å². The fraction of sp³-hybridized carbons (Fsp3) is 0.417. The van der Waals surface area contributed by atoms with Crippen molar-refractivity contribution in [3.63, 3.8) is 0 Å². The van der Waals surface area contributed by atoms with Crippen molar-refractivity contribution >= 4 is 11.5 Å². The number of Topliss-reactive ketones (excluding diaryl/α,β-unsaturated/α-hetero) is 1. The van der Waals surface area contributed by atoms with Gasteiger partial charge in [-0.05, 0) is 36.5 Å². The maximum Gasteiger partial charge on any atom is 0.137 e. The Morgan fingerprint density at radius 2 is 2.21 bits per heavy atom. The summed E-state index contributed by atoms with van der Waals surface area (Å²) in [4.78, 5) is 11.5. The molecule has 1 aliphatic carbocycles. The van der Waals surface area contributed by atoms with Gasteiger partial charge in [-0.1, -0.05) is 12.1 Å². The first-order valence-electron chi connectivity index (χ1n) is 5.10.